The van der Waals surface area contributed by atoms with Crippen LogP contribution in [0, 0.1) is 0 Å². The summed E-state index contributed by atoms with van der Waals surface area (Å²) in [6.45, 7) is 6.81. The minimum Gasteiger partial charge on any atom is -0.459 e. The summed E-state index contributed by atoms with van der Waals surface area (Å²) in [5.41, 5.74) is 2.28. The Hall–Kier alpha value is -2.18. The molecule has 6 heteroatoms. The van der Waals surface area contributed by atoms with Gasteiger partial charge in [-0.1, -0.05) is 38.3 Å². The molecule has 0 N–H and O–H groups in total. The number of thiophene rings is 1. The van der Waals surface area contributed by atoms with Crippen molar-refractivity contribution in [3.05, 3.63) is 51.7 Å². The molecule has 1 aliphatic heterocycles. The second kappa shape index (κ2) is 12.2. The van der Waals surface area contributed by atoms with E-state index in [4.69, 9.17) is 9.47 Å². The van der Waals surface area contributed by atoms with Crippen LogP contribution >= 0.6 is 11.3 Å². The Labute approximate surface area is 195 Å². The van der Waals surface area contributed by atoms with E-state index in [2.05, 4.69) is 31.2 Å². The van der Waals surface area contributed by atoms with Crippen molar-refractivity contribution in [2.24, 2.45) is 0 Å². The number of carbonyl (C=O) groups is 2. The highest BCUT2D eigenvalue weighted by molar-refractivity contribution is 7.13. The monoisotopic (exact) mass is 457 g/mol. The van der Waals surface area contributed by atoms with E-state index in [0.29, 0.717) is 24.5 Å². The van der Waals surface area contributed by atoms with Crippen LogP contribution in [0.25, 0.3) is 0 Å². The Morgan fingerprint density at radius 3 is 2.62 bits per heavy atom. The zero-order chi connectivity index (χ0) is 22.9. The van der Waals surface area contributed by atoms with Crippen LogP contribution in [0.2, 0.25) is 0 Å². The maximum Gasteiger partial charge on any atom is 0.348 e. The van der Waals surface area contributed by atoms with Gasteiger partial charge in [0.2, 0.25) is 5.91 Å². The van der Waals surface area contributed by atoms with Crippen molar-refractivity contribution < 1.29 is 19.1 Å². The van der Waals surface area contributed by atoms with Crippen molar-refractivity contribution in [2.45, 2.75) is 84.5 Å². The van der Waals surface area contributed by atoms with Crippen LogP contribution in [0.15, 0.2) is 36.4 Å². The van der Waals surface area contributed by atoms with Gasteiger partial charge in [0.15, 0.2) is 0 Å². The van der Waals surface area contributed by atoms with Crippen LogP contribution in [-0.2, 0) is 27.3 Å². The van der Waals surface area contributed by atoms with Gasteiger partial charge in [0.1, 0.15) is 4.88 Å². The highest BCUT2D eigenvalue weighted by Crippen LogP contribution is 2.28. The maximum atomic E-state index is 12.5. The van der Waals surface area contributed by atoms with Gasteiger partial charge in [-0.25, -0.2) is 4.79 Å². The number of amides is 1. The van der Waals surface area contributed by atoms with E-state index >= 15 is 0 Å². The minimum absolute atomic E-state index is 0.0447. The standard InChI is InChI=1S/C26H35NO4S/c1-4-5-6-7-8-20-9-11-21(12-10-20)27-22(13-16-25(27)28)17-30-18-23-14-15-24(32-23)26(29)31-19(2)3/h9-12,14-15,19,22H,4-8,13,16-18H2,1-3H3. The Bertz CT molecular complexity index is 874. The first-order chi connectivity index (χ1) is 15.5. The molecule has 0 aliphatic carbocycles. The van der Waals surface area contributed by atoms with E-state index in [1.807, 2.05) is 24.8 Å². The highest BCUT2D eigenvalue weighted by Gasteiger charge is 2.32. The minimum atomic E-state index is -0.294. The number of unbranched alkanes of at least 4 members (excludes halogenated alkanes) is 3. The molecule has 0 saturated carbocycles. The number of hydrogen-bond acceptors (Lipinski definition) is 5. The lowest BCUT2D eigenvalue weighted by molar-refractivity contribution is -0.117. The fraction of sp³-hybridized carbons (Fsp3) is 0.538. The van der Waals surface area contributed by atoms with Gasteiger partial charge < -0.3 is 14.4 Å². The molecule has 0 bridgehead atoms. The van der Waals surface area contributed by atoms with Crippen molar-refractivity contribution in [1.82, 2.24) is 0 Å². The molecule has 3 rings (SSSR count). The molecule has 0 spiro atoms. The molecular formula is C26H35NO4S. The van der Waals surface area contributed by atoms with Crippen LogP contribution in [0.5, 0.6) is 0 Å². The van der Waals surface area contributed by atoms with Crippen LogP contribution in [-0.4, -0.2) is 30.6 Å². The molecule has 5 nitrogen and oxygen atoms in total. The predicted octanol–water partition coefficient (Wildman–Crippen LogP) is 6.15. The maximum absolute atomic E-state index is 12.5. The second-order valence-electron chi connectivity index (χ2n) is 8.67. The summed E-state index contributed by atoms with van der Waals surface area (Å²) in [5, 5.41) is 0. The molecule has 1 saturated heterocycles. The molecule has 1 fully saturated rings. The largest absolute Gasteiger partial charge is 0.459 e. The Morgan fingerprint density at radius 2 is 1.91 bits per heavy atom. The van der Waals surface area contributed by atoms with E-state index in [1.165, 1.54) is 42.6 Å². The summed E-state index contributed by atoms with van der Waals surface area (Å²) in [4.78, 5) is 28.0. The lowest BCUT2D eigenvalue weighted by Crippen LogP contribution is -2.36. The van der Waals surface area contributed by atoms with Crippen molar-refractivity contribution in [3.8, 4) is 0 Å². The predicted molar refractivity (Wildman–Crippen MR) is 129 cm³/mol. The number of rotatable bonds is 12. The van der Waals surface area contributed by atoms with Crippen molar-refractivity contribution in [1.29, 1.82) is 0 Å². The number of nitrogens with zero attached hydrogens (tertiary/aromatic N) is 1. The number of hydrogen-bond donors (Lipinski definition) is 0. The number of aryl methyl sites for hydroxylation is 1. The summed E-state index contributed by atoms with van der Waals surface area (Å²) < 4.78 is 11.2. The molecule has 1 amide bonds. The van der Waals surface area contributed by atoms with Crippen molar-refractivity contribution >= 4 is 28.9 Å². The molecule has 174 valence electrons. The first-order valence-corrected chi connectivity index (χ1v) is 12.6. The molecule has 2 heterocycles. The van der Waals surface area contributed by atoms with Crippen LogP contribution in [0.3, 0.4) is 0 Å². The Kier molecular flexibility index (Phi) is 9.30. The third-order valence-corrected chi connectivity index (χ3v) is 6.66. The summed E-state index contributed by atoms with van der Waals surface area (Å²) >= 11 is 1.39. The molecular weight excluding hydrogens is 422 g/mol. The number of anilines is 1. The normalized spacial score (nSPS) is 16.2. The number of ether oxygens (including phenoxy) is 2. The first-order valence-electron chi connectivity index (χ1n) is 11.8. The van der Waals surface area contributed by atoms with Crippen molar-refractivity contribution in [2.75, 3.05) is 11.5 Å². The van der Waals surface area contributed by atoms with Crippen LogP contribution in [0.1, 0.15) is 79.4 Å². The van der Waals surface area contributed by atoms with E-state index < -0.39 is 0 Å². The van der Waals surface area contributed by atoms with E-state index in [9.17, 15) is 9.59 Å². The molecule has 1 aromatic heterocycles. The zero-order valence-corrected chi connectivity index (χ0v) is 20.3. The summed E-state index contributed by atoms with van der Waals surface area (Å²) in [5.74, 6) is -0.137. The van der Waals surface area contributed by atoms with E-state index in [0.717, 1.165) is 23.4 Å². The third-order valence-electron chi connectivity index (χ3n) is 5.62. The van der Waals surface area contributed by atoms with Gasteiger partial charge in [0, 0.05) is 17.0 Å². The van der Waals surface area contributed by atoms with Gasteiger partial charge in [-0.3, -0.25) is 4.79 Å². The average Bonchev–Trinajstić information content (AvgIpc) is 3.38. The van der Waals surface area contributed by atoms with Crippen LogP contribution in [0.4, 0.5) is 5.69 Å². The van der Waals surface area contributed by atoms with Gasteiger partial charge in [-0.2, -0.15) is 0 Å². The van der Waals surface area contributed by atoms with Gasteiger partial charge in [-0.15, -0.1) is 11.3 Å². The van der Waals surface area contributed by atoms with Gasteiger partial charge >= 0.3 is 5.97 Å². The molecule has 32 heavy (non-hydrogen) atoms. The molecule has 1 atom stereocenters. The highest BCUT2D eigenvalue weighted by atomic mass is 32.1. The molecule has 1 aromatic carbocycles. The van der Waals surface area contributed by atoms with E-state index in [-0.39, 0.29) is 24.0 Å². The number of carbonyl (C=O) groups excluding carboxylic acids is 2. The number of esters is 1. The van der Waals surface area contributed by atoms with Gasteiger partial charge in [0.25, 0.3) is 0 Å². The Morgan fingerprint density at radius 1 is 1.12 bits per heavy atom. The summed E-state index contributed by atoms with van der Waals surface area (Å²) in [7, 11) is 0. The van der Waals surface area contributed by atoms with Crippen molar-refractivity contribution in [3.63, 3.8) is 0 Å². The molecule has 1 aliphatic rings. The second-order valence-corrected chi connectivity index (χ2v) is 9.84. The van der Waals surface area contributed by atoms with Gasteiger partial charge in [-0.05, 0) is 62.9 Å². The zero-order valence-electron chi connectivity index (χ0n) is 19.5. The quantitative estimate of drug-likeness (QED) is 0.283. The molecule has 0 radical (unpaired) electrons. The third kappa shape index (κ3) is 6.91. The first kappa shape index (κ1) is 24.5. The topological polar surface area (TPSA) is 55.8 Å². The molecule has 1 unspecified atom stereocenters. The number of benzene rings is 1. The average molecular weight is 458 g/mol. The lowest BCUT2D eigenvalue weighted by atomic mass is 10.1. The SMILES string of the molecule is CCCCCCc1ccc(N2C(=O)CCC2COCc2ccc(C(=O)OC(C)C)s2)cc1. The summed E-state index contributed by atoms with van der Waals surface area (Å²) in [6.07, 6.45) is 7.33. The van der Waals surface area contributed by atoms with Crippen LogP contribution < -0.4 is 4.90 Å². The Balaban J connectivity index is 1.51. The fourth-order valence-corrected chi connectivity index (χ4v) is 4.80. The lowest BCUT2D eigenvalue weighted by Gasteiger charge is -2.25. The smallest absolute Gasteiger partial charge is 0.348 e. The summed E-state index contributed by atoms with van der Waals surface area (Å²) in [6, 6.07) is 12.2. The fourth-order valence-electron chi connectivity index (χ4n) is 3.97. The molecule has 2 aromatic rings. The van der Waals surface area contributed by atoms with Gasteiger partial charge in [0.05, 0.1) is 25.4 Å². The van der Waals surface area contributed by atoms with E-state index in [1.54, 1.807) is 6.07 Å².